The molecule has 0 aromatic heterocycles. The Hall–Kier alpha value is -1.10. The van der Waals surface area contributed by atoms with Gasteiger partial charge in [0.15, 0.2) is 0 Å². The van der Waals surface area contributed by atoms with Gasteiger partial charge >= 0.3 is 5.97 Å². The maximum atomic E-state index is 12.4. The third kappa shape index (κ3) is 2.29. The minimum absolute atomic E-state index is 0.134. The molecule has 5 heteroatoms. The molecule has 1 saturated carbocycles. The summed E-state index contributed by atoms with van der Waals surface area (Å²) in [6.45, 7) is 3.37. The van der Waals surface area contributed by atoms with Crippen molar-refractivity contribution in [1.82, 2.24) is 4.90 Å². The molecule has 3 N–H and O–H groups in total. The fourth-order valence-electron chi connectivity index (χ4n) is 2.31. The summed E-state index contributed by atoms with van der Waals surface area (Å²) in [5, 5.41) is 9.13. The molecule has 0 aromatic rings. The zero-order valence-corrected chi connectivity index (χ0v) is 10.8. The third-order valence-corrected chi connectivity index (χ3v) is 4.07. The van der Waals surface area contributed by atoms with E-state index in [4.69, 9.17) is 10.8 Å². The number of amides is 1. The van der Waals surface area contributed by atoms with E-state index < -0.39 is 16.9 Å². The van der Waals surface area contributed by atoms with Gasteiger partial charge in [0.05, 0.1) is 5.41 Å². The van der Waals surface area contributed by atoms with Gasteiger partial charge in [0.1, 0.15) is 5.54 Å². The largest absolute Gasteiger partial charge is 0.480 e. The summed E-state index contributed by atoms with van der Waals surface area (Å²) in [6, 6.07) is 0. The molecule has 98 valence electrons. The Morgan fingerprint density at radius 2 is 1.82 bits per heavy atom. The van der Waals surface area contributed by atoms with Crippen molar-refractivity contribution in [1.29, 1.82) is 0 Å². The quantitative estimate of drug-likeness (QED) is 0.764. The average molecular weight is 242 g/mol. The van der Waals surface area contributed by atoms with Crippen LogP contribution >= 0.6 is 0 Å². The molecule has 0 atom stereocenters. The van der Waals surface area contributed by atoms with E-state index in [1.54, 1.807) is 7.05 Å². The molecule has 0 heterocycles. The molecule has 17 heavy (non-hydrogen) atoms. The highest BCUT2D eigenvalue weighted by atomic mass is 16.4. The second-order valence-electron chi connectivity index (χ2n) is 5.42. The Kier molecular flexibility index (Phi) is 3.81. The van der Waals surface area contributed by atoms with Gasteiger partial charge in [-0.15, -0.1) is 0 Å². The van der Waals surface area contributed by atoms with Crippen LogP contribution in [0.2, 0.25) is 0 Å². The second kappa shape index (κ2) is 4.64. The molecule has 1 fully saturated rings. The van der Waals surface area contributed by atoms with E-state index in [9.17, 15) is 9.59 Å². The summed E-state index contributed by atoms with van der Waals surface area (Å²) in [5.41, 5.74) is 4.00. The molecule has 0 bridgehead atoms. The van der Waals surface area contributed by atoms with E-state index in [1.807, 2.05) is 0 Å². The number of nitrogens with zero attached hydrogens (tertiary/aromatic N) is 1. The lowest BCUT2D eigenvalue weighted by atomic mass is 9.83. The molecule has 0 aliphatic heterocycles. The normalized spacial score (nSPS) is 19.1. The first-order valence-electron chi connectivity index (χ1n) is 6.00. The lowest BCUT2D eigenvalue weighted by molar-refractivity contribution is -0.159. The number of carbonyl (C=O) groups is 2. The monoisotopic (exact) mass is 242 g/mol. The van der Waals surface area contributed by atoms with E-state index in [-0.39, 0.29) is 5.91 Å². The molecule has 0 radical (unpaired) electrons. The summed E-state index contributed by atoms with van der Waals surface area (Å²) in [7, 11) is 1.55. The first kappa shape index (κ1) is 14.0. The van der Waals surface area contributed by atoms with Gasteiger partial charge in [-0.3, -0.25) is 4.79 Å². The Labute approximate surface area is 102 Å². The molecule has 1 aliphatic carbocycles. The predicted molar refractivity (Wildman–Crippen MR) is 64.4 cm³/mol. The number of nitrogens with two attached hydrogens (primary N) is 1. The van der Waals surface area contributed by atoms with Gasteiger partial charge in [-0.25, -0.2) is 4.79 Å². The van der Waals surface area contributed by atoms with Gasteiger partial charge in [0.25, 0.3) is 0 Å². The van der Waals surface area contributed by atoms with E-state index >= 15 is 0 Å². The number of aliphatic carboxylic acids is 1. The number of carboxylic acids is 1. The van der Waals surface area contributed by atoms with E-state index in [0.717, 1.165) is 25.7 Å². The molecule has 0 spiro atoms. The molecular formula is C12H22N2O3. The van der Waals surface area contributed by atoms with Crippen LogP contribution in [0.1, 0.15) is 39.5 Å². The highest BCUT2D eigenvalue weighted by molar-refractivity contribution is 5.89. The topological polar surface area (TPSA) is 83.6 Å². The maximum Gasteiger partial charge on any atom is 0.329 e. The zero-order chi connectivity index (χ0) is 13.3. The standard InChI is InChI=1S/C12H22N2O3/c1-11(2,10(16)17)14(3)9(15)12(8-13)6-4-5-7-12/h4-8,13H2,1-3H3,(H,16,17). The van der Waals surface area contributed by atoms with Gasteiger partial charge in [0.2, 0.25) is 5.91 Å². The Morgan fingerprint density at radius 3 is 2.18 bits per heavy atom. The number of carbonyl (C=O) groups excluding carboxylic acids is 1. The van der Waals surface area contributed by atoms with Crippen molar-refractivity contribution in [2.45, 2.75) is 45.1 Å². The third-order valence-electron chi connectivity index (χ3n) is 4.07. The second-order valence-corrected chi connectivity index (χ2v) is 5.42. The van der Waals surface area contributed by atoms with Crippen molar-refractivity contribution in [3.8, 4) is 0 Å². The fourth-order valence-corrected chi connectivity index (χ4v) is 2.31. The molecular weight excluding hydrogens is 220 g/mol. The molecule has 0 aromatic carbocycles. The zero-order valence-electron chi connectivity index (χ0n) is 10.8. The Balaban J connectivity index is 2.92. The van der Waals surface area contributed by atoms with Gasteiger partial charge in [0, 0.05) is 13.6 Å². The van der Waals surface area contributed by atoms with Crippen LogP contribution in [0.25, 0.3) is 0 Å². The van der Waals surface area contributed by atoms with E-state index in [2.05, 4.69) is 0 Å². The number of hydrogen-bond acceptors (Lipinski definition) is 3. The van der Waals surface area contributed by atoms with Gasteiger partial charge in [-0.2, -0.15) is 0 Å². The Morgan fingerprint density at radius 1 is 1.35 bits per heavy atom. The average Bonchev–Trinajstić information content (AvgIpc) is 2.76. The number of likely N-dealkylation sites (N-methyl/N-ethyl adjacent to an activating group) is 1. The van der Waals surface area contributed by atoms with Crippen LogP contribution in [0.4, 0.5) is 0 Å². The van der Waals surface area contributed by atoms with Crippen LogP contribution in [-0.2, 0) is 9.59 Å². The molecule has 1 amide bonds. The first-order valence-corrected chi connectivity index (χ1v) is 6.00. The van der Waals surface area contributed by atoms with E-state index in [1.165, 1.54) is 18.7 Å². The molecule has 1 aliphatic rings. The summed E-state index contributed by atoms with van der Waals surface area (Å²) in [5.74, 6) is -1.14. The number of hydrogen-bond donors (Lipinski definition) is 2. The smallest absolute Gasteiger partial charge is 0.329 e. The summed E-state index contributed by atoms with van der Waals surface area (Å²) < 4.78 is 0. The highest BCUT2D eigenvalue weighted by Gasteiger charge is 2.46. The van der Waals surface area contributed by atoms with Gasteiger partial charge in [-0.1, -0.05) is 12.8 Å². The maximum absolute atomic E-state index is 12.4. The molecule has 0 saturated heterocycles. The van der Waals surface area contributed by atoms with Crippen molar-refractivity contribution in [2.75, 3.05) is 13.6 Å². The molecule has 1 rings (SSSR count). The summed E-state index contributed by atoms with van der Waals surface area (Å²) >= 11 is 0. The van der Waals surface area contributed by atoms with Crippen LogP contribution in [-0.4, -0.2) is 41.0 Å². The summed E-state index contributed by atoms with van der Waals surface area (Å²) in [4.78, 5) is 24.9. The van der Waals surface area contributed by atoms with Crippen molar-refractivity contribution in [2.24, 2.45) is 11.1 Å². The van der Waals surface area contributed by atoms with Crippen LogP contribution in [0, 0.1) is 5.41 Å². The van der Waals surface area contributed by atoms with Crippen LogP contribution < -0.4 is 5.73 Å². The van der Waals surface area contributed by atoms with Crippen LogP contribution in [0.15, 0.2) is 0 Å². The van der Waals surface area contributed by atoms with Gasteiger partial charge in [-0.05, 0) is 26.7 Å². The van der Waals surface area contributed by atoms with Crippen molar-refractivity contribution >= 4 is 11.9 Å². The van der Waals surface area contributed by atoms with Crippen molar-refractivity contribution in [3.63, 3.8) is 0 Å². The van der Waals surface area contributed by atoms with Gasteiger partial charge < -0.3 is 15.7 Å². The number of carboxylic acid groups (broad SMARTS) is 1. The van der Waals surface area contributed by atoms with Crippen LogP contribution in [0.3, 0.4) is 0 Å². The first-order chi connectivity index (χ1) is 7.78. The SMILES string of the molecule is CN(C(=O)C1(CN)CCCC1)C(C)(C)C(=O)O. The lowest BCUT2D eigenvalue weighted by Gasteiger charge is -2.38. The van der Waals surface area contributed by atoms with Crippen LogP contribution in [0.5, 0.6) is 0 Å². The fraction of sp³-hybridized carbons (Fsp3) is 0.833. The molecule has 5 nitrogen and oxygen atoms in total. The molecule has 0 unspecified atom stereocenters. The van der Waals surface area contributed by atoms with Crippen molar-refractivity contribution < 1.29 is 14.7 Å². The minimum Gasteiger partial charge on any atom is -0.480 e. The lowest BCUT2D eigenvalue weighted by Crippen LogP contribution is -2.56. The van der Waals surface area contributed by atoms with E-state index in [0.29, 0.717) is 6.54 Å². The number of rotatable bonds is 4. The van der Waals surface area contributed by atoms with Crippen molar-refractivity contribution in [3.05, 3.63) is 0 Å². The highest BCUT2D eigenvalue weighted by Crippen LogP contribution is 2.39. The predicted octanol–water partition coefficient (Wildman–Crippen LogP) is 0.827. The minimum atomic E-state index is -1.19. The summed E-state index contributed by atoms with van der Waals surface area (Å²) in [6.07, 6.45) is 3.51. The Bertz CT molecular complexity index is 320.